The van der Waals surface area contributed by atoms with Gasteiger partial charge in [-0.3, -0.25) is 0 Å². The van der Waals surface area contributed by atoms with E-state index in [2.05, 4.69) is 9.97 Å². The average Bonchev–Trinajstić information content (AvgIpc) is 2.25. The van der Waals surface area contributed by atoms with Gasteiger partial charge in [-0.25, -0.2) is 9.97 Å². The monoisotopic (exact) mass is 297 g/mol. The molecule has 0 aromatic carbocycles. The Balaban J connectivity index is 3.18. The van der Waals surface area contributed by atoms with Crippen LogP contribution in [0, 0.1) is 0 Å². The van der Waals surface area contributed by atoms with Crippen molar-refractivity contribution in [2.24, 2.45) is 0 Å². The second-order valence-corrected chi connectivity index (χ2v) is 4.67. The summed E-state index contributed by atoms with van der Waals surface area (Å²) in [4.78, 5) is 8.63. The zero-order valence-corrected chi connectivity index (χ0v) is 11.3. The summed E-state index contributed by atoms with van der Waals surface area (Å²) in [5.41, 5.74) is 0.446. The van der Waals surface area contributed by atoms with Crippen LogP contribution in [-0.2, 0) is 0 Å². The lowest BCUT2D eigenvalue weighted by Gasteiger charge is -2.27. The van der Waals surface area contributed by atoms with Gasteiger partial charge < -0.3 is 10.0 Å². The average molecular weight is 298 g/mol. The first-order chi connectivity index (χ1) is 8.76. The Bertz CT molecular complexity index is 426. The molecule has 4 nitrogen and oxygen atoms in total. The Hall–Kier alpha value is -1.08. The minimum Gasteiger partial charge on any atom is -0.395 e. The number of aliphatic hydroxyl groups excluding tert-OH is 1. The fraction of sp³-hybridized carbons (Fsp3) is 0.636. The Kier molecular flexibility index (Phi) is 5.37. The molecular weight excluding hydrogens is 283 g/mol. The molecule has 1 aromatic rings. The zero-order chi connectivity index (χ0) is 14.6. The van der Waals surface area contributed by atoms with Crippen LogP contribution in [0.1, 0.15) is 25.3 Å². The Morgan fingerprint density at radius 1 is 1.37 bits per heavy atom. The number of alkyl halides is 3. The first-order valence-electron chi connectivity index (χ1n) is 5.69. The van der Waals surface area contributed by atoms with E-state index in [1.807, 2.05) is 0 Å². The maximum Gasteiger partial charge on any atom is 0.405 e. The highest BCUT2D eigenvalue weighted by molar-refractivity contribution is 6.30. The lowest BCUT2D eigenvalue weighted by Crippen LogP contribution is -2.37. The normalized spacial score (nSPS) is 12.0. The quantitative estimate of drug-likeness (QED) is 0.849. The molecule has 0 aliphatic rings. The van der Waals surface area contributed by atoms with Gasteiger partial charge in [-0.05, 0) is 5.92 Å². The minimum absolute atomic E-state index is 0.112. The van der Waals surface area contributed by atoms with E-state index >= 15 is 0 Å². The first kappa shape index (κ1) is 16.0. The number of aromatic nitrogens is 2. The number of hydrogen-bond acceptors (Lipinski definition) is 4. The van der Waals surface area contributed by atoms with Gasteiger partial charge in [-0.2, -0.15) is 13.2 Å². The number of hydrogen-bond donors (Lipinski definition) is 1. The van der Waals surface area contributed by atoms with E-state index in [-0.39, 0.29) is 23.4 Å². The van der Waals surface area contributed by atoms with Gasteiger partial charge in [-0.15, -0.1) is 0 Å². The van der Waals surface area contributed by atoms with Crippen molar-refractivity contribution >= 4 is 17.4 Å². The van der Waals surface area contributed by atoms with Crippen LogP contribution in [0.4, 0.5) is 19.0 Å². The van der Waals surface area contributed by atoms with Crippen molar-refractivity contribution in [2.75, 3.05) is 24.6 Å². The van der Waals surface area contributed by atoms with Crippen molar-refractivity contribution in [3.63, 3.8) is 0 Å². The van der Waals surface area contributed by atoms with Gasteiger partial charge in [0.05, 0.1) is 6.61 Å². The number of nitrogens with zero attached hydrogens (tertiary/aromatic N) is 3. The van der Waals surface area contributed by atoms with E-state index in [1.54, 1.807) is 13.8 Å². The molecule has 0 bridgehead atoms. The van der Waals surface area contributed by atoms with Crippen LogP contribution in [0.3, 0.4) is 0 Å². The van der Waals surface area contributed by atoms with Crippen molar-refractivity contribution < 1.29 is 18.3 Å². The second kappa shape index (κ2) is 6.38. The van der Waals surface area contributed by atoms with E-state index in [0.29, 0.717) is 5.56 Å². The van der Waals surface area contributed by atoms with Crippen LogP contribution in [0.15, 0.2) is 6.33 Å². The number of aliphatic hydroxyl groups is 1. The Morgan fingerprint density at radius 2 is 2.00 bits per heavy atom. The van der Waals surface area contributed by atoms with Crippen molar-refractivity contribution in [2.45, 2.75) is 25.9 Å². The standard InChI is InChI=1S/C11H15ClF3N3O/c1-7(2)8-9(12)16-6-17-10(8)18(3-4-19)5-11(13,14)15/h6-7,19H,3-5H2,1-2H3. The molecule has 0 amide bonds. The zero-order valence-electron chi connectivity index (χ0n) is 10.6. The maximum atomic E-state index is 12.5. The van der Waals surface area contributed by atoms with Crippen LogP contribution in [0.25, 0.3) is 0 Å². The summed E-state index contributed by atoms with van der Waals surface area (Å²) in [6.07, 6.45) is -3.27. The highest BCUT2D eigenvalue weighted by Gasteiger charge is 2.32. The second-order valence-electron chi connectivity index (χ2n) is 4.32. The number of halogens is 4. The molecule has 0 aliphatic carbocycles. The molecular formula is C11H15ClF3N3O. The first-order valence-corrected chi connectivity index (χ1v) is 6.07. The van der Waals surface area contributed by atoms with Crippen LogP contribution >= 0.6 is 11.6 Å². The highest BCUT2D eigenvalue weighted by Crippen LogP contribution is 2.31. The molecule has 0 unspecified atom stereocenters. The Morgan fingerprint density at radius 3 is 2.47 bits per heavy atom. The van der Waals surface area contributed by atoms with Gasteiger partial charge in [0.2, 0.25) is 0 Å². The van der Waals surface area contributed by atoms with Gasteiger partial charge in [0, 0.05) is 12.1 Å². The number of anilines is 1. The molecule has 1 heterocycles. The molecule has 0 fully saturated rings. The third kappa shape index (κ3) is 4.50. The van der Waals surface area contributed by atoms with Crippen molar-refractivity contribution in [3.05, 3.63) is 17.0 Å². The summed E-state index contributed by atoms with van der Waals surface area (Å²) in [5.74, 6) is -0.0144. The predicted molar refractivity (Wildman–Crippen MR) is 66.5 cm³/mol. The SMILES string of the molecule is CC(C)c1c(Cl)ncnc1N(CCO)CC(F)(F)F. The molecule has 1 rings (SSSR count). The fourth-order valence-electron chi connectivity index (χ4n) is 1.71. The summed E-state index contributed by atoms with van der Waals surface area (Å²) >= 11 is 5.92. The largest absolute Gasteiger partial charge is 0.405 e. The summed E-state index contributed by atoms with van der Waals surface area (Å²) < 4.78 is 37.6. The summed E-state index contributed by atoms with van der Waals surface area (Å²) in [6, 6.07) is 0. The Labute approximate surface area is 114 Å². The highest BCUT2D eigenvalue weighted by atomic mass is 35.5. The number of rotatable bonds is 5. The third-order valence-corrected chi connectivity index (χ3v) is 2.73. The van der Waals surface area contributed by atoms with Gasteiger partial charge in [-0.1, -0.05) is 25.4 Å². The smallest absolute Gasteiger partial charge is 0.395 e. The lowest BCUT2D eigenvalue weighted by molar-refractivity contribution is -0.120. The van der Waals surface area contributed by atoms with Crippen LogP contribution in [0.2, 0.25) is 5.15 Å². The van der Waals surface area contributed by atoms with E-state index in [1.165, 1.54) is 0 Å². The van der Waals surface area contributed by atoms with Crippen LogP contribution < -0.4 is 4.90 Å². The summed E-state index contributed by atoms with van der Waals surface area (Å²) in [7, 11) is 0. The maximum absolute atomic E-state index is 12.5. The molecule has 0 aliphatic heterocycles. The van der Waals surface area contributed by atoms with E-state index < -0.39 is 19.3 Å². The molecule has 0 atom stereocenters. The van der Waals surface area contributed by atoms with Gasteiger partial charge in [0.15, 0.2) is 0 Å². The third-order valence-electron chi connectivity index (χ3n) is 2.43. The molecule has 0 spiro atoms. The van der Waals surface area contributed by atoms with E-state index in [0.717, 1.165) is 11.2 Å². The molecule has 8 heteroatoms. The molecule has 108 valence electrons. The molecule has 1 N–H and O–H groups in total. The molecule has 0 saturated carbocycles. The van der Waals surface area contributed by atoms with Crippen LogP contribution in [-0.4, -0.2) is 40.9 Å². The van der Waals surface area contributed by atoms with Crippen molar-refractivity contribution in [1.82, 2.24) is 9.97 Å². The van der Waals surface area contributed by atoms with Crippen molar-refractivity contribution in [3.8, 4) is 0 Å². The summed E-state index contributed by atoms with van der Waals surface area (Å²) in [5, 5.41) is 9.04. The van der Waals surface area contributed by atoms with E-state index in [4.69, 9.17) is 16.7 Å². The predicted octanol–water partition coefficient (Wildman–Crippen LogP) is 2.61. The fourth-order valence-corrected chi connectivity index (χ4v) is 2.06. The van der Waals surface area contributed by atoms with Crippen molar-refractivity contribution in [1.29, 1.82) is 0 Å². The molecule has 1 aromatic heterocycles. The summed E-state index contributed by atoms with van der Waals surface area (Å²) in [6.45, 7) is 1.81. The van der Waals surface area contributed by atoms with E-state index in [9.17, 15) is 13.2 Å². The lowest BCUT2D eigenvalue weighted by atomic mass is 10.1. The molecule has 19 heavy (non-hydrogen) atoms. The van der Waals surface area contributed by atoms with Gasteiger partial charge >= 0.3 is 6.18 Å². The van der Waals surface area contributed by atoms with Crippen LogP contribution in [0.5, 0.6) is 0 Å². The topological polar surface area (TPSA) is 49.2 Å². The molecule has 0 saturated heterocycles. The molecule has 0 radical (unpaired) electrons. The van der Waals surface area contributed by atoms with Gasteiger partial charge in [0.25, 0.3) is 0 Å². The van der Waals surface area contributed by atoms with Gasteiger partial charge in [0.1, 0.15) is 23.8 Å². The minimum atomic E-state index is -4.39.